The first-order valence-corrected chi connectivity index (χ1v) is 4.27. The van der Waals surface area contributed by atoms with E-state index in [1.54, 1.807) is 0 Å². The molecule has 1 aromatic heterocycles. The Bertz CT molecular complexity index is 304. The van der Waals surface area contributed by atoms with E-state index in [-0.39, 0.29) is 0 Å². The summed E-state index contributed by atoms with van der Waals surface area (Å²) < 4.78 is 2.00. The van der Waals surface area contributed by atoms with Crippen LogP contribution < -0.4 is 0 Å². The van der Waals surface area contributed by atoms with Gasteiger partial charge in [-0.1, -0.05) is 0 Å². The van der Waals surface area contributed by atoms with Crippen LogP contribution in [0, 0.1) is 6.57 Å². The van der Waals surface area contributed by atoms with Crippen molar-refractivity contribution in [1.82, 2.24) is 9.78 Å². The van der Waals surface area contributed by atoms with E-state index in [0.29, 0.717) is 12.6 Å². The predicted octanol–water partition coefficient (Wildman–Crippen LogP) is 2.03. The summed E-state index contributed by atoms with van der Waals surface area (Å²) in [6.45, 7) is 7.11. The minimum atomic E-state index is 0.416. The third kappa shape index (κ3) is 1.20. The third-order valence-electron chi connectivity index (χ3n) is 2.35. The summed E-state index contributed by atoms with van der Waals surface area (Å²) in [5.74, 6) is 0. The average molecular weight is 161 g/mol. The van der Waals surface area contributed by atoms with Gasteiger partial charge in [-0.3, -0.25) is 4.68 Å². The van der Waals surface area contributed by atoms with Gasteiger partial charge in [0.25, 0.3) is 6.54 Å². The Labute approximate surface area is 71.8 Å². The zero-order valence-corrected chi connectivity index (χ0v) is 6.90. The molecule has 0 aromatic carbocycles. The van der Waals surface area contributed by atoms with Crippen LogP contribution in [0.15, 0.2) is 12.3 Å². The van der Waals surface area contributed by atoms with Gasteiger partial charge in [0.2, 0.25) is 0 Å². The second-order valence-corrected chi connectivity index (χ2v) is 3.19. The van der Waals surface area contributed by atoms with Gasteiger partial charge < -0.3 is 4.85 Å². The van der Waals surface area contributed by atoms with Gasteiger partial charge in [0.05, 0.1) is 6.04 Å². The molecule has 0 N–H and O–H groups in total. The number of rotatable bonds is 2. The van der Waals surface area contributed by atoms with E-state index in [2.05, 4.69) is 9.94 Å². The highest BCUT2D eigenvalue weighted by molar-refractivity contribution is 5.02. The summed E-state index contributed by atoms with van der Waals surface area (Å²) in [4.78, 5) is 3.30. The predicted molar refractivity (Wildman–Crippen MR) is 45.4 cm³/mol. The summed E-state index contributed by atoms with van der Waals surface area (Å²) in [6, 6.07) is 2.56. The fourth-order valence-corrected chi connectivity index (χ4v) is 1.40. The number of nitrogens with zero attached hydrogens (tertiary/aromatic N) is 3. The molecule has 1 aliphatic rings. The minimum Gasteiger partial charge on any atom is -0.310 e. The summed E-state index contributed by atoms with van der Waals surface area (Å²) >= 11 is 0. The molecule has 0 aliphatic heterocycles. The quantitative estimate of drug-likeness (QED) is 0.608. The van der Waals surface area contributed by atoms with E-state index in [1.807, 2.05) is 16.9 Å². The molecule has 0 atom stereocenters. The lowest BCUT2D eigenvalue weighted by atomic mass is 9.93. The maximum absolute atomic E-state index is 6.69. The highest BCUT2D eigenvalue weighted by atomic mass is 15.3. The molecule has 1 fully saturated rings. The van der Waals surface area contributed by atoms with Crippen LogP contribution in [0.3, 0.4) is 0 Å². The van der Waals surface area contributed by atoms with Crippen molar-refractivity contribution in [2.45, 2.75) is 31.8 Å². The van der Waals surface area contributed by atoms with Crippen LogP contribution in [0.5, 0.6) is 0 Å². The van der Waals surface area contributed by atoms with Crippen LogP contribution in [0.25, 0.3) is 4.85 Å². The van der Waals surface area contributed by atoms with Gasteiger partial charge in [0, 0.05) is 6.20 Å². The Morgan fingerprint density at radius 2 is 2.50 bits per heavy atom. The molecule has 62 valence electrons. The second-order valence-electron chi connectivity index (χ2n) is 3.19. The molecular weight excluding hydrogens is 150 g/mol. The molecule has 0 spiro atoms. The molecule has 0 amide bonds. The van der Waals surface area contributed by atoms with Crippen molar-refractivity contribution in [3.8, 4) is 0 Å². The summed E-state index contributed by atoms with van der Waals surface area (Å²) in [5, 5.41) is 4.32. The lowest BCUT2D eigenvalue weighted by Gasteiger charge is -2.25. The molecule has 1 aromatic rings. The van der Waals surface area contributed by atoms with Gasteiger partial charge >= 0.3 is 0 Å². The number of hydrogen-bond donors (Lipinski definition) is 0. The minimum absolute atomic E-state index is 0.416. The number of hydrogen-bond acceptors (Lipinski definition) is 1. The topological polar surface area (TPSA) is 22.2 Å². The first-order valence-electron chi connectivity index (χ1n) is 4.27. The van der Waals surface area contributed by atoms with Gasteiger partial charge in [-0.25, -0.2) is 6.57 Å². The molecule has 0 saturated heterocycles. The zero-order chi connectivity index (χ0) is 8.39. The van der Waals surface area contributed by atoms with E-state index in [4.69, 9.17) is 6.57 Å². The molecule has 1 aliphatic carbocycles. The SMILES string of the molecule is [C-]#[N+]Cc1ccn(C2CCC2)n1. The van der Waals surface area contributed by atoms with Gasteiger partial charge in [0.1, 0.15) is 5.69 Å². The Morgan fingerprint density at radius 1 is 1.67 bits per heavy atom. The largest absolute Gasteiger partial charge is 0.310 e. The molecule has 0 radical (unpaired) electrons. The number of aromatic nitrogens is 2. The zero-order valence-electron chi connectivity index (χ0n) is 6.90. The average Bonchev–Trinajstić information content (AvgIpc) is 2.34. The van der Waals surface area contributed by atoms with Crippen LogP contribution in [-0.2, 0) is 6.54 Å². The molecule has 0 bridgehead atoms. The summed E-state index contributed by atoms with van der Waals surface area (Å²) in [5.41, 5.74) is 0.900. The van der Waals surface area contributed by atoms with Gasteiger partial charge in [0.15, 0.2) is 0 Å². The fraction of sp³-hybridized carbons (Fsp3) is 0.556. The van der Waals surface area contributed by atoms with Crippen molar-refractivity contribution in [2.24, 2.45) is 0 Å². The van der Waals surface area contributed by atoms with Crippen molar-refractivity contribution < 1.29 is 0 Å². The Morgan fingerprint density at radius 3 is 3.08 bits per heavy atom. The summed E-state index contributed by atoms with van der Waals surface area (Å²) in [6.07, 6.45) is 5.81. The lowest BCUT2D eigenvalue weighted by molar-refractivity contribution is 0.288. The first-order chi connectivity index (χ1) is 5.90. The Balaban J connectivity index is 2.08. The Kier molecular flexibility index (Phi) is 1.83. The van der Waals surface area contributed by atoms with E-state index >= 15 is 0 Å². The highest BCUT2D eigenvalue weighted by Crippen LogP contribution is 2.30. The molecule has 1 heterocycles. The van der Waals surface area contributed by atoms with Crippen molar-refractivity contribution in [3.05, 3.63) is 29.4 Å². The van der Waals surface area contributed by atoms with Crippen molar-refractivity contribution >= 4 is 0 Å². The highest BCUT2D eigenvalue weighted by Gasteiger charge is 2.19. The normalized spacial score (nSPS) is 16.9. The van der Waals surface area contributed by atoms with Gasteiger partial charge in [-0.2, -0.15) is 5.10 Å². The van der Waals surface area contributed by atoms with Crippen LogP contribution >= 0.6 is 0 Å². The molecule has 3 heteroatoms. The van der Waals surface area contributed by atoms with Gasteiger partial charge in [-0.05, 0) is 25.3 Å². The molecule has 0 unspecified atom stereocenters. The van der Waals surface area contributed by atoms with Crippen LogP contribution in [0.2, 0.25) is 0 Å². The van der Waals surface area contributed by atoms with Gasteiger partial charge in [-0.15, -0.1) is 0 Å². The van der Waals surface area contributed by atoms with Crippen LogP contribution in [0.4, 0.5) is 0 Å². The Hall–Kier alpha value is -1.30. The van der Waals surface area contributed by atoms with Crippen molar-refractivity contribution in [1.29, 1.82) is 0 Å². The monoisotopic (exact) mass is 161 g/mol. The molecule has 2 rings (SSSR count). The standard InChI is InChI=1S/C9H11N3/c1-10-7-8-5-6-12(11-8)9-3-2-4-9/h5-6,9H,2-4,7H2. The molecule has 3 nitrogen and oxygen atoms in total. The van der Waals surface area contributed by atoms with E-state index < -0.39 is 0 Å². The first kappa shape index (κ1) is 7.35. The maximum atomic E-state index is 6.69. The molecular formula is C9H11N3. The van der Waals surface area contributed by atoms with E-state index in [1.165, 1.54) is 19.3 Å². The van der Waals surface area contributed by atoms with Crippen LogP contribution in [0.1, 0.15) is 31.0 Å². The fourth-order valence-electron chi connectivity index (χ4n) is 1.40. The molecule has 1 saturated carbocycles. The smallest absolute Gasteiger partial charge is 0.258 e. The summed E-state index contributed by atoms with van der Waals surface area (Å²) in [7, 11) is 0. The van der Waals surface area contributed by atoms with Crippen LogP contribution in [-0.4, -0.2) is 9.78 Å². The third-order valence-corrected chi connectivity index (χ3v) is 2.35. The molecule has 12 heavy (non-hydrogen) atoms. The van der Waals surface area contributed by atoms with Crippen molar-refractivity contribution in [3.63, 3.8) is 0 Å². The maximum Gasteiger partial charge on any atom is 0.258 e. The lowest BCUT2D eigenvalue weighted by Crippen LogP contribution is -2.17. The van der Waals surface area contributed by atoms with E-state index in [9.17, 15) is 0 Å². The second kappa shape index (κ2) is 2.98. The van der Waals surface area contributed by atoms with Crippen molar-refractivity contribution in [2.75, 3.05) is 0 Å². The van der Waals surface area contributed by atoms with E-state index in [0.717, 1.165) is 5.69 Å².